The van der Waals surface area contributed by atoms with Crippen molar-refractivity contribution in [1.29, 1.82) is 0 Å². The second-order valence-electron chi connectivity index (χ2n) is 6.56. The summed E-state index contributed by atoms with van der Waals surface area (Å²) in [5.74, 6) is 1.04. The molecule has 7 nitrogen and oxygen atoms in total. The molecule has 1 aliphatic rings. The van der Waals surface area contributed by atoms with Crippen molar-refractivity contribution in [3.8, 4) is 0 Å². The van der Waals surface area contributed by atoms with Crippen LogP contribution in [0.2, 0.25) is 0 Å². The predicted octanol–water partition coefficient (Wildman–Crippen LogP) is 1.97. The fraction of sp³-hybridized carbons (Fsp3) is 0.500. The molecule has 3 atom stereocenters. The minimum atomic E-state index is -0.372. The highest BCUT2D eigenvalue weighted by Gasteiger charge is 2.42. The molecule has 0 bridgehead atoms. The van der Waals surface area contributed by atoms with Crippen LogP contribution in [0, 0.1) is 6.92 Å². The highest BCUT2D eigenvalue weighted by Crippen LogP contribution is 2.35. The number of carbonyl (C=O) groups is 1. The van der Waals surface area contributed by atoms with Gasteiger partial charge in [-0.15, -0.1) is 0 Å². The molecule has 1 aromatic heterocycles. The number of aromatic nitrogens is 2. The first-order valence-electron chi connectivity index (χ1n) is 8.36. The maximum Gasteiger partial charge on any atom is 0.249 e. The van der Waals surface area contributed by atoms with Crippen molar-refractivity contribution in [2.24, 2.45) is 0 Å². The number of amides is 1. The molecule has 1 amide bonds. The Hall–Kier alpha value is -2.25. The van der Waals surface area contributed by atoms with Crippen LogP contribution in [-0.4, -0.2) is 59.7 Å². The van der Waals surface area contributed by atoms with E-state index in [1.54, 1.807) is 18.9 Å². The van der Waals surface area contributed by atoms with E-state index in [0.29, 0.717) is 24.7 Å². The lowest BCUT2D eigenvalue weighted by Crippen LogP contribution is -2.41. The van der Waals surface area contributed by atoms with Gasteiger partial charge in [0.2, 0.25) is 11.8 Å². The Morgan fingerprint density at radius 3 is 2.64 bits per heavy atom. The van der Waals surface area contributed by atoms with E-state index in [9.17, 15) is 4.79 Å². The fourth-order valence-corrected chi connectivity index (χ4v) is 3.35. The van der Waals surface area contributed by atoms with Gasteiger partial charge in [0, 0.05) is 20.1 Å². The van der Waals surface area contributed by atoms with Gasteiger partial charge >= 0.3 is 0 Å². The lowest BCUT2D eigenvalue weighted by molar-refractivity contribution is -0.138. The molecule has 3 rings (SSSR count). The molecule has 0 N–H and O–H groups in total. The Bertz CT molecular complexity index is 716. The Labute approximate surface area is 147 Å². The van der Waals surface area contributed by atoms with Crippen molar-refractivity contribution in [2.75, 3.05) is 27.7 Å². The number of hydrogen-bond acceptors (Lipinski definition) is 6. The third-order valence-corrected chi connectivity index (χ3v) is 4.57. The molecule has 1 aliphatic heterocycles. The minimum absolute atomic E-state index is 0.0107. The van der Waals surface area contributed by atoms with E-state index in [2.05, 4.69) is 10.1 Å². The Morgan fingerprint density at radius 2 is 2.08 bits per heavy atom. The third kappa shape index (κ3) is 3.57. The number of ether oxygens (including phenoxy) is 1. The van der Waals surface area contributed by atoms with Gasteiger partial charge < -0.3 is 14.2 Å². The molecule has 0 spiro atoms. The van der Waals surface area contributed by atoms with Gasteiger partial charge in [-0.3, -0.25) is 9.69 Å². The van der Waals surface area contributed by atoms with Crippen LogP contribution in [0.1, 0.15) is 35.8 Å². The van der Waals surface area contributed by atoms with E-state index in [4.69, 9.17) is 9.26 Å². The Morgan fingerprint density at radius 1 is 1.36 bits per heavy atom. The lowest BCUT2D eigenvalue weighted by Gasteiger charge is -2.30. The molecular weight excluding hydrogens is 320 g/mol. The van der Waals surface area contributed by atoms with Gasteiger partial charge in [0.1, 0.15) is 12.1 Å². The normalized spacial score (nSPS) is 21.7. The van der Waals surface area contributed by atoms with E-state index < -0.39 is 0 Å². The van der Waals surface area contributed by atoms with Crippen LogP contribution in [0.4, 0.5) is 0 Å². The van der Waals surface area contributed by atoms with Crippen LogP contribution < -0.4 is 0 Å². The zero-order chi connectivity index (χ0) is 18.0. The van der Waals surface area contributed by atoms with Crippen molar-refractivity contribution < 1.29 is 14.1 Å². The van der Waals surface area contributed by atoms with Gasteiger partial charge in [-0.2, -0.15) is 4.98 Å². The van der Waals surface area contributed by atoms with Gasteiger partial charge in [-0.05, 0) is 26.6 Å². The standard InChI is InChI=1S/C18H24N4O3/c1-12-19-17(25-20-12)15-10-14(24-4)11-22(15)18(23)16(21(2)3)13-8-6-5-7-9-13/h5-9,14-16H,10-11H2,1-4H3/t14-,15-,16?/m1/s1. The van der Waals surface area contributed by atoms with E-state index in [1.807, 2.05) is 49.3 Å². The van der Waals surface area contributed by atoms with Crippen molar-refractivity contribution in [3.05, 3.63) is 47.6 Å². The quantitative estimate of drug-likeness (QED) is 0.826. The van der Waals surface area contributed by atoms with Gasteiger partial charge in [-0.1, -0.05) is 35.5 Å². The number of methoxy groups -OCH3 is 1. The van der Waals surface area contributed by atoms with Crippen LogP contribution >= 0.6 is 0 Å². The first kappa shape index (κ1) is 17.6. The molecule has 1 aromatic carbocycles. The third-order valence-electron chi connectivity index (χ3n) is 4.57. The topological polar surface area (TPSA) is 71.7 Å². The van der Waals surface area contributed by atoms with Crippen LogP contribution in [0.3, 0.4) is 0 Å². The molecule has 2 aromatic rings. The van der Waals surface area contributed by atoms with Crippen LogP contribution in [0.25, 0.3) is 0 Å². The number of hydrogen-bond donors (Lipinski definition) is 0. The van der Waals surface area contributed by atoms with Gasteiger partial charge in [0.25, 0.3) is 0 Å². The van der Waals surface area contributed by atoms with Crippen LogP contribution in [0.15, 0.2) is 34.9 Å². The maximum atomic E-state index is 13.4. The van der Waals surface area contributed by atoms with Gasteiger partial charge in [-0.25, -0.2) is 0 Å². The summed E-state index contributed by atoms with van der Waals surface area (Å²) in [6.07, 6.45) is 0.610. The molecule has 134 valence electrons. The zero-order valence-electron chi connectivity index (χ0n) is 15.0. The average molecular weight is 344 g/mol. The van der Waals surface area contributed by atoms with E-state index >= 15 is 0 Å². The number of benzene rings is 1. The van der Waals surface area contributed by atoms with E-state index in [0.717, 1.165) is 5.56 Å². The number of aryl methyl sites for hydroxylation is 1. The number of likely N-dealkylation sites (tertiary alicyclic amines) is 1. The largest absolute Gasteiger partial charge is 0.380 e. The SMILES string of the molecule is CO[C@@H]1C[C@H](c2nc(C)no2)N(C(=O)C(c2ccccc2)N(C)C)C1. The number of likely N-dealkylation sites (N-methyl/N-ethyl adjacent to an activating group) is 1. The monoisotopic (exact) mass is 344 g/mol. The molecule has 2 heterocycles. The molecule has 25 heavy (non-hydrogen) atoms. The summed E-state index contributed by atoms with van der Waals surface area (Å²) in [4.78, 5) is 21.4. The van der Waals surface area contributed by atoms with Gasteiger partial charge in [0.15, 0.2) is 5.82 Å². The summed E-state index contributed by atoms with van der Waals surface area (Å²) >= 11 is 0. The van der Waals surface area contributed by atoms with E-state index in [-0.39, 0.29) is 24.1 Å². The van der Waals surface area contributed by atoms with E-state index in [1.165, 1.54) is 0 Å². The fourth-order valence-electron chi connectivity index (χ4n) is 3.35. The molecular formula is C18H24N4O3. The molecule has 1 saturated heterocycles. The highest BCUT2D eigenvalue weighted by molar-refractivity contribution is 5.84. The predicted molar refractivity (Wildman–Crippen MR) is 91.8 cm³/mol. The smallest absolute Gasteiger partial charge is 0.249 e. The lowest BCUT2D eigenvalue weighted by atomic mass is 10.0. The second kappa shape index (κ2) is 7.33. The second-order valence-corrected chi connectivity index (χ2v) is 6.56. The van der Waals surface area contributed by atoms with Crippen molar-refractivity contribution in [2.45, 2.75) is 31.5 Å². The first-order valence-corrected chi connectivity index (χ1v) is 8.36. The summed E-state index contributed by atoms with van der Waals surface area (Å²) < 4.78 is 10.8. The molecule has 7 heteroatoms. The average Bonchev–Trinajstić information content (AvgIpc) is 3.21. The minimum Gasteiger partial charge on any atom is -0.380 e. The highest BCUT2D eigenvalue weighted by atomic mass is 16.5. The molecule has 0 aliphatic carbocycles. The Balaban J connectivity index is 1.91. The van der Waals surface area contributed by atoms with Crippen LogP contribution in [0.5, 0.6) is 0 Å². The zero-order valence-corrected chi connectivity index (χ0v) is 15.0. The van der Waals surface area contributed by atoms with Gasteiger partial charge in [0.05, 0.1) is 6.10 Å². The summed E-state index contributed by atoms with van der Waals surface area (Å²) in [6.45, 7) is 2.28. The van der Waals surface area contributed by atoms with Crippen molar-refractivity contribution in [3.63, 3.8) is 0 Å². The molecule has 0 saturated carbocycles. The number of rotatable bonds is 5. The van der Waals surface area contributed by atoms with Crippen molar-refractivity contribution >= 4 is 5.91 Å². The summed E-state index contributed by atoms with van der Waals surface area (Å²) in [5, 5.41) is 3.87. The van der Waals surface area contributed by atoms with Crippen molar-refractivity contribution in [1.82, 2.24) is 19.9 Å². The molecule has 1 fully saturated rings. The molecule has 0 radical (unpaired) electrons. The first-order chi connectivity index (χ1) is 12.0. The number of nitrogens with zero attached hydrogens (tertiary/aromatic N) is 4. The maximum absolute atomic E-state index is 13.4. The number of carbonyl (C=O) groups excluding carboxylic acids is 1. The van der Waals surface area contributed by atoms with Crippen LogP contribution in [-0.2, 0) is 9.53 Å². The Kier molecular flexibility index (Phi) is 5.15. The summed E-state index contributed by atoms with van der Waals surface area (Å²) in [6, 6.07) is 9.14. The summed E-state index contributed by atoms with van der Waals surface area (Å²) in [5.41, 5.74) is 0.957. The molecule has 1 unspecified atom stereocenters. The summed E-state index contributed by atoms with van der Waals surface area (Å²) in [7, 11) is 5.48.